The summed E-state index contributed by atoms with van der Waals surface area (Å²) in [5.41, 5.74) is 5.41. The largest absolute Gasteiger partial charge is 0.481 e. The second kappa shape index (κ2) is 8.87. The number of aromatic nitrogens is 2. The first-order chi connectivity index (χ1) is 14.3. The third-order valence-electron chi connectivity index (χ3n) is 4.52. The molecule has 1 unspecified atom stereocenters. The van der Waals surface area contributed by atoms with Crippen LogP contribution in [0, 0.1) is 0 Å². The fourth-order valence-electron chi connectivity index (χ4n) is 3.00. The van der Waals surface area contributed by atoms with E-state index in [2.05, 4.69) is 4.98 Å². The van der Waals surface area contributed by atoms with Gasteiger partial charge in [-0.15, -0.1) is 0 Å². The van der Waals surface area contributed by atoms with Crippen LogP contribution in [0.25, 0.3) is 0 Å². The first-order valence-corrected chi connectivity index (χ1v) is 9.52. The van der Waals surface area contributed by atoms with Crippen LogP contribution in [0.1, 0.15) is 12.5 Å². The monoisotopic (exact) mass is 428 g/mol. The van der Waals surface area contributed by atoms with Gasteiger partial charge < -0.3 is 15.4 Å². The molecule has 0 saturated heterocycles. The molecular formula is C21H21ClN4O4. The Balaban J connectivity index is 1.90. The van der Waals surface area contributed by atoms with E-state index in [9.17, 15) is 14.4 Å². The SMILES string of the molecule is CC(Oc1cccc(Cl)c1)C(=O)N(C)c1c(N)n(Cc2ccccc2)c(=O)[nH]c1=O. The topological polar surface area (TPSA) is 110 Å². The number of hydrogen-bond donors (Lipinski definition) is 2. The van der Waals surface area contributed by atoms with Crippen molar-refractivity contribution >= 4 is 29.0 Å². The number of nitrogens with two attached hydrogens (primary N) is 1. The minimum absolute atomic E-state index is 0.113. The molecule has 0 aliphatic heterocycles. The number of amides is 1. The molecule has 1 heterocycles. The second-order valence-electron chi connectivity index (χ2n) is 6.68. The number of ether oxygens (including phenoxy) is 1. The van der Waals surface area contributed by atoms with Gasteiger partial charge >= 0.3 is 5.69 Å². The van der Waals surface area contributed by atoms with Crippen LogP contribution in [0.5, 0.6) is 5.75 Å². The van der Waals surface area contributed by atoms with Crippen LogP contribution in [0.2, 0.25) is 5.02 Å². The molecule has 0 aliphatic rings. The number of likely N-dealkylation sites (N-methyl/N-ethyl adjacent to an activating group) is 1. The smallest absolute Gasteiger partial charge is 0.330 e. The molecule has 2 aromatic carbocycles. The molecule has 1 atom stereocenters. The predicted octanol–water partition coefficient (Wildman–Crippen LogP) is 2.25. The van der Waals surface area contributed by atoms with Crippen LogP contribution in [0.4, 0.5) is 11.5 Å². The molecule has 3 rings (SSSR count). The fourth-order valence-corrected chi connectivity index (χ4v) is 3.18. The summed E-state index contributed by atoms with van der Waals surface area (Å²) < 4.78 is 6.84. The van der Waals surface area contributed by atoms with Crippen LogP contribution in [-0.2, 0) is 11.3 Å². The standard InChI is InChI=1S/C21H21ClN4O4/c1-13(30-16-10-6-9-15(22)11-16)20(28)25(2)17-18(23)26(21(29)24-19(17)27)12-14-7-4-3-5-8-14/h3-11,13H,12,23H2,1-2H3,(H,24,27,29). The van der Waals surface area contributed by atoms with Gasteiger partial charge in [0, 0.05) is 12.1 Å². The van der Waals surface area contributed by atoms with Gasteiger partial charge in [-0.05, 0) is 30.7 Å². The fraction of sp³-hybridized carbons (Fsp3) is 0.190. The van der Waals surface area contributed by atoms with E-state index in [1.807, 2.05) is 30.3 Å². The summed E-state index contributed by atoms with van der Waals surface area (Å²) in [7, 11) is 1.40. The Morgan fingerprint density at radius 3 is 2.57 bits per heavy atom. The van der Waals surface area contributed by atoms with Gasteiger partial charge in [-0.2, -0.15) is 0 Å². The van der Waals surface area contributed by atoms with Crippen LogP contribution in [0.3, 0.4) is 0 Å². The molecular weight excluding hydrogens is 408 g/mol. The van der Waals surface area contributed by atoms with E-state index in [1.165, 1.54) is 11.6 Å². The number of anilines is 2. The minimum atomic E-state index is -0.929. The molecule has 3 aromatic rings. The summed E-state index contributed by atoms with van der Waals surface area (Å²) in [6.45, 7) is 1.69. The van der Waals surface area contributed by atoms with Crippen molar-refractivity contribution in [2.75, 3.05) is 17.7 Å². The number of hydrogen-bond acceptors (Lipinski definition) is 5. The van der Waals surface area contributed by atoms with Crippen molar-refractivity contribution < 1.29 is 9.53 Å². The summed E-state index contributed by atoms with van der Waals surface area (Å²) in [5, 5.41) is 0.467. The van der Waals surface area contributed by atoms with Gasteiger partial charge in [0.25, 0.3) is 11.5 Å². The lowest BCUT2D eigenvalue weighted by molar-refractivity contribution is -0.124. The molecule has 0 bridgehead atoms. The molecule has 0 radical (unpaired) electrons. The van der Waals surface area contributed by atoms with E-state index in [-0.39, 0.29) is 18.1 Å². The number of nitrogens with zero attached hydrogens (tertiary/aromatic N) is 2. The summed E-state index contributed by atoms with van der Waals surface area (Å²) in [5.74, 6) is -0.219. The molecule has 3 N–H and O–H groups in total. The van der Waals surface area contributed by atoms with Gasteiger partial charge in [-0.3, -0.25) is 19.1 Å². The maximum absolute atomic E-state index is 12.9. The normalized spacial score (nSPS) is 11.7. The highest BCUT2D eigenvalue weighted by Crippen LogP contribution is 2.21. The van der Waals surface area contributed by atoms with Crippen molar-refractivity contribution in [3.05, 3.63) is 86.0 Å². The number of aromatic amines is 1. The highest BCUT2D eigenvalue weighted by Gasteiger charge is 2.26. The van der Waals surface area contributed by atoms with Crippen molar-refractivity contribution in [1.29, 1.82) is 0 Å². The molecule has 30 heavy (non-hydrogen) atoms. The van der Waals surface area contributed by atoms with E-state index >= 15 is 0 Å². The zero-order valence-corrected chi connectivity index (χ0v) is 17.2. The number of rotatable bonds is 6. The highest BCUT2D eigenvalue weighted by atomic mass is 35.5. The number of carbonyl (C=O) groups is 1. The lowest BCUT2D eigenvalue weighted by Crippen LogP contribution is -2.43. The first-order valence-electron chi connectivity index (χ1n) is 9.14. The van der Waals surface area contributed by atoms with Crippen molar-refractivity contribution in [1.82, 2.24) is 9.55 Å². The molecule has 0 fully saturated rings. The minimum Gasteiger partial charge on any atom is -0.481 e. The maximum atomic E-state index is 12.9. The van der Waals surface area contributed by atoms with E-state index in [0.717, 1.165) is 10.5 Å². The molecule has 0 saturated carbocycles. The van der Waals surface area contributed by atoms with Gasteiger partial charge in [0.2, 0.25) is 0 Å². The third-order valence-corrected chi connectivity index (χ3v) is 4.76. The molecule has 1 amide bonds. The quantitative estimate of drug-likeness (QED) is 0.625. The summed E-state index contributed by atoms with van der Waals surface area (Å²) in [6.07, 6.45) is -0.929. The van der Waals surface area contributed by atoms with Gasteiger partial charge in [-0.1, -0.05) is 48.0 Å². The number of halogens is 1. The first kappa shape index (κ1) is 21.2. The Kier molecular flexibility index (Phi) is 6.27. The van der Waals surface area contributed by atoms with E-state index < -0.39 is 23.3 Å². The van der Waals surface area contributed by atoms with E-state index in [0.29, 0.717) is 10.8 Å². The Morgan fingerprint density at radius 1 is 1.20 bits per heavy atom. The highest BCUT2D eigenvalue weighted by molar-refractivity contribution is 6.30. The Labute approximate surface area is 177 Å². The third kappa shape index (κ3) is 4.55. The summed E-state index contributed by atoms with van der Waals surface area (Å²) >= 11 is 5.94. The molecule has 9 heteroatoms. The zero-order chi connectivity index (χ0) is 21.8. The average Bonchev–Trinajstić information content (AvgIpc) is 2.71. The molecule has 8 nitrogen and oxygen atoms in total. The van der Waals surface area contributed by atoms with Crippen molar-refractivity contribution in [2.24, 2.45) is 0 Å². The Bertz CT molecular complexity index is 1170. The number of nitrogen functional groups attached to an aromatic ring is 1. The molecule has 156 valence electrons. The van der Waals surface area contributed by atoms with E-state index in [1.54, 1.807) is 31.2 Å². The van der Waals surface area contributed by atoms with Crippen LogP contribution < -0.4 is 26.6 Å². The van der Waals surface area contributed by atoms with Crippen molar-refractivity contribution in [2.45, 2.75) is 19.6 Å². The maximum Gasteiger partial charge on any atom is 0.330 e. The van der Waals surface area contributed by atoms with Gasteiger partial charge in [0.15, 0.2) is 11.8 Å². The van der Waals surface area contributed by atoms with Gasteiger partial charge in [0.05, 0.1) is 6.54 Å². The molecule has 1 aromatic heterocycles. The van der Waals surface area contributed by atoms with Crippen LogP contribution >= 0.6 is 11.6 Å². The number of benzene rings is 2. The van der Waals surface area contributed by atoms with Crippen molar-refractivity contribution in [3.8, 4) is 5.75 Å². The summed E-state index contributed by atoms with van der Waals surface area (Å²) in [6, 6.07) is 15.8. The van der Waals surface area contributed by atoms with Crippen LogP contribution in [-0.4, -0.2) is 28.6 Å². The van der Waals surface area contributed by atoms with Crippen LogP contribution in [0.15, 0.2) is 64.2 Å². The number of H-pyrrole nitrogens is 1. The Hall–Kier alpha value is -3.52. The number of nitrogens with one attached hydrogen (secondary N) is 1. The lowest BCUT2D eigenvalue weighted by atomic mass is 10.2. The predicted molar refractivity (Wildman–Crippen MR) is 116 cm³/mol. The average molecular weight is 429 g/mol. The van der Waals surface area contributed by atoms with Crippen molar-refractivity contribution in [3.63, 3.8) is 0 Å². The lowest BCUT2D eigenvalue weighted by Gasteiger charge is -2.23. The van der Waals surface area contributed by atoms with Gasteiger partial charge in [-0.25, -0.2) is 4.79 Å². The molecule has 0 spiro atoms. The van der Waals surface area contributed by atoms with Gasteiger partial charge in [0.1, 0.15) is 11.6 Å². The summed E-state index contributed by atoms with van der Waals surface area (Å²) in [4.78, 5) is 40.9. The number of carbonyl (C=O) groups excluding carboxylic acids is 1. The van der Waals surface area contributed by atoms with E-state index in [4.69, 9.17) is 22.1 Å². The zero-order valence-electron chi connectivity index (χ0n) is 16.5. The molecule has 0 aliphatic carbocycles. The second-order valence-corrected chi connectivity index (χ2v) is 7.12. The Morgan fingerprint density at radius 2 is 1.90 bits per heavy atom.